The molecule has 0 aromatic heterocycles. The highest BCUT2D eigenvalue weighted by Crippen LogP contribution is 2.17. The Morgan fingerprint density at radius 3 is 2.61 bits per heavy atom. The summed E-state index contributed by atoms with van der Waals surface area (Å²) in [6.07, 6.45) is 0.350. The molecule has 0 aliphatic rings. The number of rotatable bonds is 5. The molecule has 0 spiro atoms. The first-order chi connectivity index (χ1) is 8.61. The molecule has 0 bridgehead atoms. The lowest BCUT2D eigenvalue weighted by Gasteiger charge is -2.10. The molecule has 0 heterocycles. The molecule has 4 nitrogen and oxygen atoms in total. The summed E-state index contributed by atoms with van der Waals surface area (Å²) < 4.78 is 28.0. The van der Waals surface area contributed by atoms with Gasteiger partial charge in [-0.05, 0) is 36.5 Å². The number of hydrogen-bond donors (Lipinski definition) is 2. The Bertz CT molecular complexity index is 431. The van der Waals surface area contributed by atoms with Gasteiger partial charge in [-0.25, -0.2) is 0 Å². The van der Waals surface area contributed by atoms with Crippen molar-refractivity contribution in [1.29, 1.82) is 5.26 Å². The molecular formula is C11H11F2N3OS. The first kappa shape index (κ1) is 14.1. The van der Waals surface area contributed by atoms with Gasteiger partial charge in [0.2, 0.25) is 0 Å². The minimum Gasteiger partial charge on any atom is -0.435 e. The predicted molar refractivity (Wildman–Crippen MR) is 67.5 cm³/mol. The van der Waals surface area contributed by atoms with Crippen molar-refractivity contribution in [2.24, 2.45) is 0 Å². The fourth-order valence-corrected chi connectivity index (χ4v) is 1.35. The number of nitriles is 1. The molecule has 0 atom stereocenters. The lowest BCUT2D eigenvalue weighted by atomic mass is 10.3. The van der Waals surface area contributed by atoms with E-state index >= 15 is 0 Å². The lowest BCUT2D eigenvalue weighted by Crippen LogP contribution is -2.28. The first-order valence-corrected chi connectivity index (χ1v) is 5.49. The quantitative estimate of drug-likeness (QED) is 0.636. The van der Waals surface area contributed by atoms with Crippen LogP contribution in [0.25, 0.3) is 0 Å². The maximum Gasteiger partial charge on any atom is 0.387 e. The van der Waals surface area contributed by atoms with E-state index in [1.807, 2.05) is 6.07 Å². The van der Waals surface area contributed by atoms with Crippen LogP contribution in [0.15, 0.2) is 24.3 Å². The molecule has 18 heavy (non-hydrogen) atoms. The molecule has 0 saturated heterocycles. The Balaban J connectivity index is 2.43. The van der Waals surface area contributed by atoms with Crippen molar-refractivity contribution >= 4 is 23.0 Å². The minimum absolute atomic E-state index is 0.0823. The van der Waals surface area contributed by atoms with Gasteiger partial charge >= 0.3 is 6.61 Å². The molecule has 0 fully saturated rings. The van der Waals surface area contributed by atoms with Crippen LogP contribution in [0.2, 0.25) is 0 Å². The van der Waals surface area contributed by atoms with Crippen LogP contribution < -0.4 is 15.4 Å². The molecule has 96 valence electrons. The van der Waals surface area contributed by atoms with E-state index in [4.69, 9.17) is 17.5 Å². The zero-order valence-corrected chi connectivity index (χ0v) is 10.1. The lowest BCUT2D eigenvalue weighted by molar-refractivity contribution is -0.0498. The largest absolute Gasteiger partial charge is 0.435 e. The zero-order valence-electron chi connectivity index (χ0n) is 9.32. The first-order valence-electron chi connectivity index (χ1n) is 5.08. The van der Waals surface area contributed by atoms with Crippen LogP contribution in [-0.2, 0) is 0 Å². The zero-order chi connectivity index (χ0) is 13.4. The molecule has 2 N–H and O–H groups in total. The number of nitrogens with zero attached hydrogens (tertiary/aromatic N) is 1. The topological polar surface area (TPSA) is 57.1 Å². The number of nitrogens with one attached hydrogen (secondary N) is 2. The van der Waals surface area contributed by atoms with Crippen LogP contribution in [0.5, 0.6) is 5.75 Å². The highest BCUT2D eigenvalue weighted by molar-refractivity contribution is 7.80. The number of anilines is 1. The third-order valence-electron chi connectivity index (χ3n) is 1.86. The molecule has 1 aromatic rings. The van der Waals surface area contributed by atoms with Gasteiger partial charge in [0.15, 0.2) is 5.11 Å². The van der Waals surface area contributed by atoms with Crippen LogP contribution in [0.1, 0.15) is 6.42 Å². The van der Waals surface area contributed by atoms with Gasteiger partial charge in [0.05, 0.1) is 12.5 Å². The minimum atomic E-state index is -2.84. The van der Waals surface area contributed by atoms with E-state index < -0.39 is 6.61 Å². The Morgan fingerprint density at radius 2 is 2.06 bits per heavy atom. The molecule has 0 aliphatic heterocycles. The molecule has 0 aliphatic carbocycles. The normalized spacial score (nSPS) is 9.67. The second-order valence-corrected chi connectivity index (χ2v) is 3.60. The number of halogens is 2. The van der Waals surface area contributed by atoms with Gasteiger partial charge in [0.25, 0.3) is 0 Å². The van der Waals surface area contributed by atoms with Crippen LogP contribution in [0, 0.1) is 11.3 Å². The highest BCUT2D eigenvalue weighted by Gasteiger charge is 2.04. The summed E-state index contributed by atoms with van der Waals surface area (Å²) in [7, 11) is 0. The highest BCUT2D eigenvalue weighted by atomic mass is 32.1. The van der Waals surface area contributed by atoms with Crippen LogP contribution in [0.3, 0.4) is 0 Å². The Morgan fingerprint density at radius 1 is 1.39 bits per heavy atom. The third kappa shape index (κ3) is 5.41. The molecule has 7 heteroatoms. The standard InChI is InChI=1S/C11H11F2N3OS/c12-10(13)17-9-4-2-8(3-5-9)16-11(18)15-7-1-6-14/h2-5,10H,1,7H2,(H2,15,16,18). The monoisotopic (exact) mass is 271 g/mol. The van der Waals surface area contributed by atoms with Crippen molar-refractivity contribution in [2.45, 2.75) is 13.0 Å². The fraction of sp³-hybridized carbons (Fsp3) is 0.273. The summed E-state index contributed by atoms with van der Waals surface area (Å²) in [5.41, 5.74) is 0.645. The van der Waals surface area contributed by atoms with E-state index in [1.54, 1.807) is 12.1 Å². The number of thiocarbonyl (C=S) groups is 1. The number of benzene rings is 1. The Labute approximate surface area is 109 Å². The van der Waals surface area contributed by atoms with E-state index in [-0.39, 0.29) is 5.75 Å². The van der Waals surface area contributed by atoms with Crippen LogP contribution in [-0.4, -0.2) is 18.3 Å². The van der Waals surface area contributed by atoms with Gasteiger partial charge < -0.3 is 15.4 Å². The molecule has 0 unspecified atom stereocenters. The van der Waals surface area contributed by atoms with Crippen molar-refractivity contribution < 1.29 is 13.5 Å². The Kier molecular flexibility index (Phi) is 5.80. The maximum atomic E-state index is 11.9. The molecule has 0 radical (unpaired) electrons. The van der Waals surface area contributed by atoms with Crippen molar-refractivity contribution in [3.05, 3.63) is 24.3 Å². The summed E-state index contributed by atoms with van der Waals surface area (Å²) in [6.45, 7) is -2.38. The third-order valence-corrected chi connectivity index (χ3v) is 2.11. The molecule has 0 amide bonds. The van der Waals surface area contributed by atoms with Gasteiger partial charge in [0.1, 0.15) is 5.75 Å². The molecule has 1 rings (SSSR count). The van der Waals surface area contributed by atoms with E-state index in [9.17, 15) is 8.78 Å². The Hall–Kier alpha value is -1.94. The van der Waals surface area contributed by atoms with Crippen LogP contribution >= 0.6 is 12.2 Å². The van der Waals surface area contributed by atoms with Crippen molar-refractivity contribution in [3.63, 3.8) is 0 Å². The van der Waals surface area contributed by atoms with Crippen molar-refractivity contribution in [2.75, 3.05) is 11.9 Å². The predicted octanol–water partition coefficient (Wildman–Crippen LogP) is 2.49. The van der Waals surface area contributed by atoms with Gasteiger partial charge in [-0.1, -0.05) is 0 Å². The second kappa shape index (κ2) is 7.40. The number of hydrogen-bond acceptors (Lipinski definition) is 3. The van der Waals surface area contributed by atoms with Gasteiger partial charge in [-0.3, -0.25) is 0 Å². The van der Waals surface area contributed by atoms with E-state index in [2.05, 4.69) is 15.4 Å². The summed E-state index contributed by atoms with van der Waals surface area (Å²) >= 11 is 4.97. The molecular weight excluding hydrogens is 260 g/mol. The molecule has 0 saturated carbocycles. The second-order valence-electron chi connectivity index (χ2n) is 3.19. The van der Waals surface area contributed by atoms with Crippen molar-refractivity contribution in [3.8, 4) is 11.8 Å². The van der Waals surface area contributed by atoms with E-state index in [0.29, 0.717) is 23.8 Å². The maximum absolute atomic E-state index is 11.9. The molecule has 1 aromatic carbocycles. The van der Waals surface area contributed by atoms with E-state index in [1.165, 1.54) is 12.1 Å². The summed E-state index contributed by atoms with van der Waals surface area (Å²) in [4.78, 5) is 0. The average Bonchev–Trinajstić information content (AvgIpc) is 2.31. The summed E-state index contributed by atoms with van der Waals surface area (Å²) in [5, 5.41) is 14.4. The smallest absolute Gasteiger partial charge is 0.387 e. The van der Waals surface area contributed by atoms with Gasteiger partial charge in [-0.15, -0.1) is 0 Å². The van der Waals surface area contributed by atoms with Gasteiger partial charge in [-0.2, -0.15) is 14.0 Å². The van der Waals surface area contributed by atoms with Gasteiger partial charge in [0, 0.05) is 12.2 Å². The summed E-state index contributed by atoms with van der Waals surface area (Å²) in [6, 6.07) is 7.92. The van der Waals surface area contributed by atoms with Crippen molar-refractivity contribution in [1.82, 2.24) is 5.32 Å². The fourth-order valence-electron chi connectivity index (χ4n) is 1.13. The SMILES string of the molecule is N#CCCNC(=S)Nc1ccc(OC(F)F)cc1. The number of ether oxygens (including phenoxy) is 1. The summed E-state index contributed by atoms with van der Waals surface area (Å²) in [5.74, 6) is 0.0823. The van der Waals surface area contributed by atoms with Crippen LogP contribution in [0.4, 0.5) is 14.5 Å². The number of alkyl halides is 2. The average molecular weight is 271 g/mol. The van der Waals surface area contributed by atoms with E-state index in [0.717, 1.165) is 0 Å².